The molecule has 0 saturated carbocycles. The topological polar surface area (TPSA) is 95.9 Å². The Bertz CT molecular complexity index is 561. The van der Waals surface area contributed by atoms with Crippen molar-refractivity contribution in [3.05, 3.63) is 28.8 Å². The largest absolute Gasteiger partial charge is 0.478 e. The van der Waals surface area contributed by atoms with Gasteiger partial charge in [0.25, 0.3) is 0 Å². The van der Waals surface area contributed by atoms with Crippen molar-refractivity contribution in [1.29, 1.82) is 0 Å². The van der Waals surface area contributed by atoms with Gasteiger partial charge in [0.15, 0.2) is 0 Å². The number of carboxylic acids is 1. The maximum atomic E-state index is 11.9. The van der Waals surface area contributed by atoms with Gasteiger partial charge in [0.05, 0.1) is 24.2 Å². The molecule has 2 N–H and O–H groups in total. The summed E-state index contributed by atoms with van der Waals surface area (Å²) in [6.45, 7) is 0.140. The van der Waals surface area contributed by atoms with Crippen LogP contribution in [0.25, 0.3) is 0 Å². The molecule has 21 heavy (non-hydrogen) atoms. The third-order valence-corrected chi connectivity index (χ3v) is 3.01. The molecule has 114 valence electrons. The lowest BCUT2D eigenvalue weighted by Gasteiger charge is -2.18. The van der Waals surface area contributed by atoms with Crippen LogP contribution in [0.5, 0.6) is 0 Å². The number of anilines is 1. The highest BCUT2D eigenvalue weighted by atomic mass is 35.5. The van der Waals surface area contributed by atoms with Gasteiger partial charge in [-0.25, -0.2) is 9.59 Å². The monoisotopic (exact) mass is 314 g/mol. The standard InChI is InChI=1S/C13H15ClN2O5/c1-16(7-6-10(17)21-2)13(20)15-9-5-3-4-8(14)11(9)12(18)19/h3-5H,6-7H2,1-2H3,(H,15,20)(H,18,19). The Kier molecular flexibility index (Phi) is 5.98. The number of carboxylic acid groups (broad SMARTS) is 1. The minimum absolute atomic E-state index is 0.0255. The maximum Gasteiger partial charge on any atom is 0.339 e. The van der Waals surface area contributed by atoms with Crippen LogP contribution in [0, 0.1) is 0 Å². The summed E-state index contributed by atoms with van der Waals surface area (Å²) in [5, 5.41) is 11.6. The number of amides is 2. The Balaban J connectivity index is 2.77. The molecule has 0 unspecified atom stereocenters. The van der Waals surface area contributed by atoms with Crippen LogP contribution in [0.1, 0.15) is 16.8 Å². The minimum atomic E-state index is -1.24. The lowest BCUT2D eigenvalue weighted by molar-refractivity contribution is -0.140. The number of benzene rings is 1. The lowest BCUT2D eigenvalue weighted by atomic mass is 10.2. The number of carbonyl (C=O) groups excluding carboxylic acids is 2. The van der Waals surface area contributed by atoms with Crippen molar-refractivity contribution in [1.82, 2.24) is 4.90 Å². The number of ether oxygens (including phenoxy) is 1. The molecule has 0 atom stereocenters. The fourth-order valence-electron chi connectivity index (χ4n) is 1.52. The summed E-state index contributed by atoms with van der Waals surface area (Å²) in [5.41, 5.74) is -0.0983. The number of aromatic carboxylic acids is 1. The van der Waals surface area contributed by atoms with Crippen LogP contribution < -0.4 is 5.32 Å². The molecule has 0 aliphatic rings. The molecule has 0 fully saturated rings. The van der Waals surface area contributed by atoms with Crippen LogP contribution in [-0.4, -0.2) is 48.7 Å². The van der Waals surface area contributed by atoms with Gasteiger partial charge >= 0.3 is 18.0 Å². The zero-order valence-corrected chi connectivity index (χ0v) is 12.3. The Hall–Kier alpha value is -2.28. The number of carbonyl (C=O) groups is 3. The van der Waals surface area contributed by atoms with E-state index in [1.165, 1.54) is 37.3 Å². The van der Waals surface area contributed by atoms with Crippen LogP contribution in [0.2, 0.25) is 5.02 Å². The SMILES string of the molecule is COC(=O)CCN(C)C(=O)Nc1cccc(Cl)c1C(=O)O. The van der Waals surface area contributed by atoms with Crippen LogP contribution in [0.15, 0.2) is 18.2 Å². The quantitative estimate of drug-likeness (QED) is 0.811. The van der Waals surface area contributed by atoms with Crippen molar-refractivity contribution in [2.75, 3.05) is 26.0 Å². The second-order valence-electron chi connectivity index (χ2n) is 4.15. The van der Waals surface area contributed by atoms with E-state index in [9.17, 15) is 14.4 Å². The van der Waals surface area contributed by atoms with E-state index < -0.39 is 18.0 Å². The fourth-order valence-corrected chi connectivity index (χ4v) is 1.77. The number of esters is 1. The summed E-state index contributed by atoms with van der Waals surface area (Å²) in [4.78, 5) is 35.3. The second kappa shape index (κ2) is 7.49. The summed E-state index contributed by atoms with van der Waals surface area (Å²) < 4.78 is 4.47. The number of hydrogen-bond donors (Lipinski definition) is 2. The maximum absolute atomic E-state index is 11.9. The first-order valence-corrected chi connectivity index (χ1v) is 6.35. The van der Waals surface area contributed by atoms with E-state index in [0.717, 1.165) is 0 Å². The molecule has 1 rings (SSSR count). The molecule has 7 nitrogen and oxygen atoms in total. The van der Waals surface area contributed by atoms with Gasteiger partial charge in [-0.3, -0.25) is 4.79 Å². The van der Waals surface area contributed by atoms with Crippen molar-refractivity contribution in [2.24, 2.45) is 0 Å². The summed E-state index contributed by atoms with van der Waals surface area (Å²) in [7, 11) is 2.73. The van der Waals surface area contributed by atoms with Gasteiger partial charge in [0.2, 0.25) is 0 Å². The third kappa shape index (κ3) is 4.64. The Morgan fingerprint density at radius 3 is 2.62 bits per heavy atom. The molecular formula is C13H15ClN2O5. The molecule has 2 amide bonds. The van der Waals surface area contributed by atoms with E-state index in [-0.39, 0.29) is 29.2 Å². The van der Waals surface area contributed by atoms with E-state index in [1.54, 1.807) is 0 Å². The highest BCUT2D eigenvalue weighted by Crippen LogP contribution is 2.24. The lowest BCUT2D eigenvalue weighted by Crippen LogP contribution is -2.33. The molecule has 0 aliphatic carbocycles. The second-order valence-corrected chi connectivity index (χ2v) is 4.55. The summed E-state index contributed by atoms with van der Waals surface area (Å²) in [6, 6.07) is 3.82. The van der Waals surface area contributed by atoms with E-state index >= 15 is 0 Å². The van der Waals surface area contributed by atoms with Crippen LogP contribution in [0.4, 0.5) is 10.5 Å². The zero-order chi connectivity index (χ0) is 16.0. The van der Waals surface area contributed by atoms with Crippen molar-refractivity contribution >= 4 is 35.3 Å². The number of urea groups is 1. The zero-order valence-electron chi connectivity index (χ0n) is 11.6. The summed E-state index contributed by atoms with van der Waals surface area (Å²) in [6.07, 6.45) is 0.0434. The fraction of sp³-hybridized carbons (Fsp3) is 0.308. The van der Waals surface area contributed by atoms with Crippen molar-refractivity contribution < 1.29 is 24.2 Å². The van der Waals surface area contributed by atoms with E-state index in [2.05, 4.69) is 10.1 Å². The number of rotatable bonds is 5. The van der Waals surface area contributed by atoms with Crippen LogP contribution in [0.3, 0.4) is 0 Å². The summed E-state index contributed by atoms with van der Waals surface area (Å²) >= 11 is 5.80. The first-order valence-electron chi connectivity index (χ1n) is 5.97. The molecule has 0 aliphatic heterocycles. The predicted octanol–water partition coefficient (Wildman–Crippen LogP) is 2.06. The average molecular weight is 315 g/mol. The Morgan fingerprint density at radius 1 is 1.38 bits per heavy atom. The molecule has 0 aromatic heterocycles. The van der Waals surface area contributed by atoms with Gasteiger partial charge < -0.3 is 20.1 Å². The molecule has 0 saturated heterocycles. The number of nitrogens with one attached hydrogen (secondary N) is 1. The van der Waals surface area contributed by atoms with Gasteiger partial charge in [-0.1, -0.05) is 17.7 Å². The Labute approximate surface area is 126 Å². The van der Waals surface area contributed by atoms with E-state index in [4.69, 9.17) is 16.7 Å². The predicted molar refractivity (Wildman–Crippen MR) is 76.7 cm³/mol. The number of nitrogens with zero attached hydrogens (tertiary/aromatic N) is 1. The van der Waals surface area contributed by atoms with Crippen molar-refractivity contribution in [3.8, 4) is 0 Å². The van der Waals surface area contributed by atoms with Gasteiger partial charge in [0.1, 0.15) is 5.56 Å². The minimum Gasteiger partial charge on any atom is -0.478 e. The van der Waals surface area contributed by atoms with Gasteiger partial charge in [-0.15, -0.1) is 0 Å². The van der Waals surface area contributed by atoms with E-state index in [1.807, 2.05) is 0 Å². The molecule has 0 spiro atoms. The number of halogens is 1. The van der Waals surface area contributed by atoms with Gasteiger partial charge in [0, 0.05) is 13.6 Å². The molecule has 8 heteroatoms. The van der Waals surface area contributed by atoms with Gasteiger partial charge in [-0.2, -0.15) is 0 Å². The smallest absolute Gasteiger partial charge is 0.339 e. The highest BCUT2D eigenvalue weighted by Gasteiger charge is 2.18. The normalized spacial score (nSPS) is 9.86. The molecule has 0 bridgehead atoms. The van der Waals surface area contributed by atoms with Crippen LogP contribution >= 0.6 is 11.6 Å². The van der Waals surface area contributed by atoms with Crippen LogP contribution in [-0.2, 0) is 9.53 Å². The molecule has 1 aromatic carbocycles. The van der Waals surface area contributed by atoms with Gasteiger partial charge in [-0.05, 0) is 12.1 Å². The first kappa shape index (κ1) is 16.8. The average Bonchev–Trinajstić information content (AvgIpc) is 2.43. The summed E-state index contributed by atoms with van der Waals surface area (Å²) in [5.74, 6) is -1.68. The van der Waals surface area contributed by atoms with E-state index in [0.29, 0.717) is 0 Å². The molecule has 0 radical (unpaired) electrons. The molecule has 0 heterocycles. The third-order valence-electron chi connectivity index (χ3n) is 2.69. The number of methoxy groups -OCH3 is 1. The highest BCUT2D eigenvalue weighted by molar-refractivity contribution is 6.34. The molecule has 1 aromatic rings. The van der Waals surface area contributed by atoms with Crippen molar-refractivity contribution in [3.63, 3.8) is 0 Å². The van der Waals surface area contributed by atoms with Crippen molar-refractivity contribution in [2.45, 2.75) is 6.42 Å². The Morgan fingerprint density at radius 2 is 2.05 bits per heavy atom. The molecular weight excluding hydrogens is 300 g/mol. The number of hydrogen-bond acceptors (Lipinski definition) is 4. The first-order chi connectivity index (χ1) is 9.86.